The summed E-state index contributed by atoms with van der Waals surface area (Å²) in [7, 11) is 0. The number of imidazole rings is 1. The van der Waals surface area contributed by atoms with Crippen LogP contribution in [0.5, 0.6) is 0 Å². The molecule has 0 saturated carbocycles. The first-order valence-electron chi connectivity index (χ1n) is 9.43. The lowest BCUT2D eigenvalue weighted by Gasteiger charge is -2.19. The van der Waals surface area contributed by atoms with Gasteiger partial charge in [-0.2, -0.15) is 0 Å². The third kappa shape index (κ3) is 4.55. The van der Waals surface area contributed by atoms with Gasteiger partial charge in [0.15, 0.2) is 5.17 Å². The van der Waals surface area contributed by atoms with E-state index in [-0.39, 0.29) is 5.91 Å². The number of carbonyl (C=O) groups is 2. The number of anilines is 1. The Morgan fingerprint density at radius 3 is 2.75 bits per heavy atom. The summed E-state index contributed by atoms with van der Waals surface area (Å²) < 4.78 is 7.30. The normalized spacial score (nSPS) is 16.9. The Morgan fingerprint density at radius 1 is 1.36 bits per heavy atom. The van der Waals surface area contributed by atoms with Crippen LogP contribution in [0.15, 0.2) is 23.2 Å². The van der Waals surface area contributed by atoms with E-state index in [4.69, 9.17) is 4.74 Å². The molecular weight excluding hydrogens is 376 g/mol. The number of nitrogens with zero attached hydrogens (tertiary/aromatic N) is 3. The Kier molecular flexibility index (Phi) is 5.79. The van der Waals surface area contributed by atoms with Gasteiger partial charge in [0.1, 0.15) is 5.60 Å². The maximum Gasteiger partial charge on any atom is 0.338 e. The van der Waals surface area contributed by atoms with Gasteiger partial charge < -0.3 is 4.74 Å². The lowest BCUT2D eigenvalue weighted by molar-refractivity contribution is -0.114. The highest BCUT2D eigenvalue weighted by molar-refractivity contribution is 8.14. The van der Waals surface area contributed by atoms with E-state index in [0.717, 1.165) is 30.1 Å². The fourth-order valence-electron chi connectivity index (χ4n) is 2.98. The van der Waals surface area contributed by atoms with Crippen molar-refractivity contribution in [1.82, 2.24) is 9.55 Å². The number of aromatic nitrogens is 2. The highest BCUT2D eigenvalue weighted by Crippen LogP contribution is 2.31. The van der Waals surface area contributed by atoms with Crippen molar-refractivity contribution in [3.8, 4) is 0 Å². The molecular formula is C20H26N4O3S. The molecule has 1 aliphatic heterocycles. The number of fused-ring (bicyclic) bond motifs is 1. The van der Waals surface area contributed by atoms with Crippen molar-refractivity contribution in [2.24, 2.45) is 4.99 Å². The van der Waals surface area contributed by atoms with E-state index in [2.05, 4.69) is 22.2 Å². The molecule has 0 bridgehead atoms. The molecule has 0 aliphatic carbocycles. The average Bonchev–Trinajstić information content (AvgIpc) is 3.16. The van der Waals surface area contributed by atoms with Gasteiger partial charge in [-0.05, 0) is 45.4 Å². The van der Waals surface area contributed by atoms with Crippen LogP contribution in [0.1, 0.15) is 57.8 Å². The standard InChI is InChI=1S/C20H26N4O3S/c1-6-7-14-11-21-19(28-14)24-16-9-8-13(17(26)27-20(3,4)5)10-15(16)23-18(24)22-12(2)25/h8-10,14H,6-7,11H2,1-5H3,(H,22,23,25). The van der Waals surface area contributed by atoms with Crippen LogP contribution in [0.2, 0.25) is 0 Å². The molecule has 7 nitrogen and oxygen atoms in total. The number of carbonyl (C=O) groups excluding carboxylic acids is 2. The molecule has 2 aromatic rings. The number of amides is 1. The summed E-state index contributed by atoms with van der Waals surface area (Å²) in [5, 5.41) is 4.02. The molecule has 1 aromatic heterocycles. The second kappa shape index (κ2) is 7.95. The van der Waals surface area contributed by atoms with Gasteiger partial charge in [-0.15, -0.1) is 0 Å². The molecule has 0 fully saturated rings. The van der Waals surface area contributed by atoms with Crippen LogP contribution in [0.25, 0.3) is 11.0 Å². The number of ether oxygens (including phenoxy) is 1. The quantitative estimate of drug-likeness (QED) is 0.779. The van der Waals surface area contributed by atoms with E-state index < -0.39 is 11.6 Å². The number of thioether (sulfide) groups is 1. The first kappa shape index (κ1) is 20.4. The Bertz CT molecular complexity index is 943. The van der Waals surface area contributed by atoms with E-state index in [1.165, 1.54) is 6.92 Å². The summed E-state index contributed by atoms with van der Waals surface area (Å²) in [5.74, 6) is -0.203. The zero-order valence-electron chi connectivity index (χ0n) is 16.9. The molecule has 1 amide bonds. The third-order valence-electron chi connectivity index (χ3n) is 4.08. The van der Waals surface area contributed by atoms with E-state index in [1.807, 2.05) is 31.4 Å². The maximum atomic E-state index is 12.4. The van der Waals surface area contributed by atoms with E-state index in [0.29, 0.717) is 22.3 Å². The largest absolute Gasteiger partial charge is 0.456 e. The number of hydrogen-bond donors (Lipinski definition) is 1. The fourth-order valence-corrected chi connectivity index (χ4v) is 4.22. The summed E-state index contributed by atoms with van der Waals surface area (Å²) in [6.07, 6.45) is 2.19. The van der Waals surface area contributed by atoms with Crippen molar-refractivity contribution >= 4 is 45.8 Å². The van der Waals surface area contributed by atoms with Crippen LogP contribution in [-0.2, 0) is 9.53 Å². The number of aliphatic imine (C=N–C) groups is 1. The first-order chi connectivity index (χ1) is 13.2. The molecule has 1 N–H and O–H groups in total. The van der Waals surface area contributed by atoms with Crippen LogP contribution in [0.4, 0.5) is 5.95 Å². The number of hydrogen-bond acceptors (Lipinski definition) is 6. The topological polar surface area (TPSA) is 85.6 Å². The molecule has 0 radical (unpaired) electrons. The Morgan fingerprint density at radius 2 is 2.11 bits per heavy atom. The molecule has 1 aliphatic rings. The fraction of sp³-hybridized carbons (Fsp3) is 0.500. The van der Waals surface area contributed by atoms with Crippen molar-refractivity contribution in [2.45, 2.75) is 58.3 Å². The third-order valence-corrected chi connectivity index (χ3v) is 5.32. The summed E-state index contributed by atoms with van der Waals surface area (Å²) in [4.78, 5) is 33.3. The highest BCUT2D eigenvalue weighted by atomic mass is 32.2. The highest BCUT2D eigenvalue weighted by Gasteiger charge is 2.25. The number of nitrogens with one attached hydrogen (secondary N) is 1. The zero-order valence-corrected chi connectivity index (χ0v) is 17.7. The minimum Gasteiger partial charge on any atom is -0.456 e. The summed E-state index contributed by atoms with van der Waals surface area (Å²) >= 11 is 1.70. The van der Waals surface area contributed by atoms with Gasteiger partial charge in [0, 0.05) is 12.2 Å². The molecule has 1 atom stereocenters. The van der Waals surface area contributed by atoms with Crippen LogP contribution in [0, 0.1) is 0 Å². The van der Waals surface area contributed by atoms with Crippen molar-refractivity contribution in [1.29, 1.82) is 0 Å². The van der Waals surface area contributed by atoms with Gasteiger partial charge in [0.05, 0.1) is 23.1 Å². The molecule has 0 saturated heterocycles. The monoisotopic (exact) mass is 402 g/mol. The zero-order chi connectivity index (χ0) is 20.5. The van der Waals surface area contributed by atoms with Crippen LogP contribution in [-0.4, -0.2) is 44.0 Å². The van der Waals surface area contributed by atoms with Gasteiger partial charge in [-0.3, -0.25) is 19.7 Å². The summed E-state index contributed by atoms with van der Waals surface area (Å²) in [6, 6.07) is 5.23. The average molecular weight is 403 g/mol. The van der Waals surface area contributed by atoms with Gasteiger partial charge in [-0.25, -0.2) is 9.78 Å². The summed E-state index contributed by atoms with van der Waals surface area (Å²) in [6.45, 7) is 9.84. The smallest absolute Gasteiger partial charge is 0.338 e. The van der Waals surface area contributed by atoms with Gasteiger partial charge in [0.25, 0.3) is 0 Å². The molecule has 8 heteroatoms. The Balaban J connectivity index is 2.00. The Labute approximate surface area is 168 Å². The summed E-state index contributed by atoms with van der Waals surface area (Å²) in [5.41, 5.74) is 1.25. The van der Waals surface area contributed by atoms with E-state index in [1.54, 1.807) is 23.9 Å². The molecule has 2 heterocycles. The van der Waals surface area contributed by atoms with Crippen molar-refractivity contribution in [3.05, 3.63) is 23.8 Å². The SMILES string of the molecule is CCCC1CN=C(n2c(NC(C)=O)nc3cc(C(=O)OC(C)(C)C)ccc32)S1. The molecule has 3 rings (SSSR count). The molecule has 150 valence electrons. The number of rotatable bonds is 4. The van der Waals surface area contributed by atoms with Gasteiger partial charge >= 0.3 is 5.97 Å². The van der Waals surface area contributed by atoms with Crippen molar-refractivity contribution in [3.63, 3.8) is 0 Å². The van der Waals surface area contributed by atoms with Crippen LogP contribution in [0.3, 0.4) is 0 Å². The predicted octanol–water partition coefficient (Wildman–Crippen LogP) is 4.07. The lowest BCUT2D eigenvalue weighted by Crippen LogP contribution is -2.23. The molecule has 28 heavy (non-hydrogen) atoms. The van der Waals surface area contributed by atoms with Gasteiger partial charge in [-0.1, -0.05) is 25.1 Å². The van der Waals surface area contributed by atoms with Crippen molar-refractivity contribution in [2.75, 3.05) is 11.9 Å². The first-order valence-corrected chi connectivity index (χ1v) is 10.3. The second-order valence-electron chi connectivity index (χ2n) is 7.81. The number of benzene rings is 1. The molecule has 1 aromatic carbocycles. The lowest BCUT2D eigenvalue weighted by atomic mass is 10.1. The minimum absolute atomic E-state index is 0.211. The second-order valence-corrected chi connectivity index (χ2v) is 9.08. The predicted molar refractivity (Wildman–Crippen MR) is 113 cm³/mol. The van der Waals surface area contributed by atoms with Gasteiger partial charge in [0.2, 0.25) is 11.9 Å². The number of esters is 1. The minimum atomic E-state index is -0.573. The van der Waals surface area contributed by atoms with Crippen molar-refractivity contribution < 1.29 is 14.3 Å². The Hall–Kier alpha value is -2.35. The maximum absolute atomic E-state index is 12.4. The van der Waals surface area contributed by atoms with Crippen LogP contribution < -0.4 is 5.32 Å². The van der Waals surface area contributed by atoms with Crippen LogP contribution >= 0.6 is 11.8 Å². The van der Waals surface area contributed by atoms with E-state index in [9.17, 15) is 9.59 Å². The molecule has 0 spiro atoms. The molecule has 1 unspecified atom stereocenters. The van der Waals surface area contributed by atoms with E-state index >= 15 is 0 Å².